The predicted molar refractivity (Wildman–Crippen MR) is 84.8 cm³/mol. The van der Waals surface area contributed by atoms with E-state index in [1.807, 2.05) is 11.7 Å². The first-order valence-corrected chi connectivity index (χ1v) is 7.79. The Morgan fingerprint density at radius 3 is 2.74 bits per heavy atom. The van der Waals surface area contributed by atoms with Crippen molar-refractivity contribution in [3.05, 3.63) is 32.1 Å². The summed E-state index contributed by atoms with van der Waals surface area (Å²) < 4.78 is 3.09. The monoisotopic (exact) mass is 342 g/mol. The van der Waals surface area contributed by atoms with Crippen LogP contribution in [0.5, 0.6) is 0 Å². The van der Waals surface area contributed by atoms with Gasteiger partial charge in [0.05, 0.1) is 5.69 Å². The van der Waals surface area contributed by atoms with E-state index in [4.69, 9.17) is 0 Å². The van der Waals surface area contributed by atoms with Gasteiger partial charge in [0.2, 0.25) is 0 Å². The lowest BCUT2D eigenvalue weighted by Crippen LogP contribution is -2.18. The summed E-state index contributed by atoms with van der Waals surface area (Å²) in [5, 5.41) is 10.1. The number of halogens is 1. The second kappa shape index (κ2) is 6.07. The van der Waals surface area contributed by atoms with Crippen molar-refractivity contribution in [1.82, 2.24) is 15.1 Å². The Morgan fingerprint density at radius 2 is 2.16 bits per heavy atom. The minimum atomic E-state index is 0.836. The highest BCUT2D eigenvalue weighted by atomic mass is 79.9. The van der Waals surface area contributed by atoms with E-state index in [1.165, 1.54) is 10.4 Å². The largest absolute Gasteiger partial charge is 0.363 e. The highest BCUT2D eigenvalue weighted by Crippen LogP contribution is 2.22. The molecule has 6 heteroatoms. The molecule has 4 nitrogen and oxygen atoms in total. The van der Waals surface area contributed by atoms with E-state index in [0.717, 1.165) is 29.1 Å². The van der Waals surface area contributed by atoms with E-state index in [0.29, 0.717) is 0 Å². The van der Waals surface area contributed by atoms with Gasteiger partial charge >= 0.3 is 0 Å². The summed E-state index contributed by atoms with van der Waals surface area (Å²) in [7, 11) is 6.09. The van der Waals surface area contributed by atoms with Crippen LogP contribution in [0.15, 0.2) is 15.9 Å². The maximum Gasteiger partial charge on any atom is 0.130 e. The van der Waals surface area contributed by atoms with E-state index in [9.17, 15) is 0 Å². The molecule has 19 heavy (non-hydrogen) atoms. The van der Waals surface area contributed by atoms with Crippen molar-refractivity contribution in [2.45, 2.75) is 20.0 Å². The lowest BCUT2D eigenvalue weighted by atomic mass is 10.2. The molecule has 2 rings (SSSR count). The molecular weight excluding hydrogens is 324 g/mol. The Hall–Kier alpha value is -0.850. The van der Waals surface area contributed by atoms with Gasteiger partial charge in [0, 0.05) is 54.5 Å². The van der Waals surface area contributed by atoms with Crippen molar-refractivity contribution >= 4 is 33.1 Å². The second-order valence-electron chi connectivity index (χ2n) is 4.74. The third-order valence-corrected chi connectivity index (χ3v) is 4.66. The van der Waals surface area contributed by atoms with Crippen molar-refractivity contribution in [2.75, 3.05) is 19.0 Å². The number of nitrogens with one attached hydrogen (secondary N) is 1. The molecule has 0 amide bonds. The minimum absolute atomic E-state index is 0.836. The molecule has 0 unspecified atom stereocenters. The molecule has 0 spiro atoms. The molecule has 0 bridgehead atoms. The molecule has 0 aliphatic rings. The number of aromatic nitrogens is 2. The Bertz CT molecular complexity index is 559. The second-order valence-corrected chi connectivity index (χ2v) is 6.65. The molecule has 0 radical (unpaired) electrons. The van der Waals surface area contributed by atoms with Crippen LogP contribution in [0.4, 0.5) is 5.82 Å². The van der Waals surface area contributed by atoms with E-state index in [1.54, 1.807) is 11.3 Å². The number of aryl methyl sites for hydroxylation is 2. The molecule has 2 aromatic rings. The Balaban J connectivity index is 2.03. The predicted octanol–water partition coefficient (Wildman–Crippen LogP) is 2.91. The SMILES string of the molecule is Cc1nn(C)c(N(C)C)c1CNCc1cc(Br)cs1. The van der Waals surface area contributed by atoms with Gasteiger partial charge in [-0.15, -0.1) is 11.3 Å². The number of hydrogen-bond donors (Lipinski definition) is 1. The average Bonchev–Trinajstić information content (AvgIpc) is 2.84. The zero-order valence-electron chi connectivity index (χ0n) is 11.7. The van der Waals surface area contributed by atoms with E-state index < -0.39 is 0 Å². The van der Waals surface area contributed by atoms with E-state index in [2.05, 4.69) is 63.7 Å². The lowest BCUT2D eigenvalue weighted by molar-refractivity contribution is 0.695. The smallest absolute Gasteiger partial charge is 0.130 e. The van der Waals surface area contributed by atoms with Crippen molar-refractivity contribution in [1.29, 1.82) is 0 Å². The van der Waals surface area contributed by atoms with Crippen LogP contribution in [0.2, 0.25) is 0 Å². The van der Waals surface area contributed by atoms with Crippen molar-refractivity contribution in [3.63, 3.8) is 0 Å². The molecular formula is C13H19BrN4S. The topological polar surface area (TPSA) is 33.1 Å². The van der Waals surface area contributed by atoms with Crippen LogP contribution >= 0.6 is 27.3 Å². The molecule has 0 aliphatic heterocycles. The summed E-state index contributed by atoms with van der Waals surface area (Å²) in [5.41, 5.74) is 2.36. The van der Waals surface area contributed by atoms with Gasteiger partial charge in [0.25, 0.3) is 0 Å². The molecule has 0 fully saturated rings. The van der Waals surface area contributed by atoms with Crippen LogP contribution in [0, 0.1) is 6.92 Å². The molecule has 0 atom stereocenters. The molecule has 0 aliphatic carbocycles. The van der Waals surface area contributed by atoms with Crippen LogP contribution in [-0.4, -0.2) is 23.9 Å². The summed E-state index contributed by atoms with van der Waals surface area (Å²) in [4.78, 5) is 3.44. The zero-order chi connectivity index (χ0) is 14.0. The van der Waals surface area contributed by atoms with Crippen LogP contribution < -0.4 is 10.2 Å². The fourth-order valence-electron chi connectivity index (χ4n) is 2.21. The fourth-order valence-corrected chi connectivity index (χ4v) is 3.63. The summed E-state index contributed by atoms with van der Waals surface area (Å²) in [6.07, 6.45) is 0. The molecule has 0 saturated heterocycles. The van der Waals surface area contributed by atoms with Crippen LogP contribution in [-0.2, 0) is 20.1 Å². The molecule has 2 aromatic heterocycles. The third kappa shape index (κ3) is 3.38. The summed E-state index contributed by atoms with van der Waals surface area (Å²) >= 11 is 5.24. The van der Waals surface area contributed by atoms with Crippen molar-refractivity contribution in [3.8, 4) is 0 Å². The van der Waals surface area contributed by atoms with E-state index >= 15 is 0 Å². The third-order valence-electron chi connectivity index (χ3n) is 2.96. The van der Waals surface area contributed by atoms with Crippen LogP contribution in [0.25, 0.3) is 0 Å². The Labute approximate surface area is 126 Å². The zero-order valence-corrected chi connectivity index (χ0v) is 14.1. The van der Waals surface area contributed by atoms with Crippen molar-refractivity contribution in [2.24, 2.45) is 7.05 Å². The van der Waals surface area contributed by atoms with Gasteiger partial charge in [-0.1, -0.05) is 0 Å². The van der Waals surface area contributed by atoms with Gasteiger partial charge in [-0.05, 0) is 28.9 Å². The van der Waals surface area contributed by atoms with Gasteiger partial charge in [0.15, 0.2) is 0 Å². The summed E-state index contributed by atoms with van der Waals surface area (Å²) in [5.74, 6) is 1.16. The number of nitrogens with zero attached hydrogens (tertiary/aromatic N) is 3. The maximum absolute atomic E-state index is 4.49. The number of anilines is 1. The first kappa shape index (κ1) is 14.6. The van der Waals surface area contributed by atoms with Gasteiger partial charge in [0.1, 0.15) is 5.82 Å². The number of hydrogen-bond acceptors (Lipinski definition) is 4. The van der Waals surface area contributed by atoms with Crippen molar-refractivity contribution < 1.29 is 0 Å². The fraction of sp³-hybridized carbons (Fsp3) is 0.462. The maximum atomic E-state index is 4.49. The first-order valence-electron chi connectivity index (χ1n) is 6.12. The van der Waals surface area contributed by atoms with E-state index in [-0.39, 0.29) is 0 Å². The number of rotatable bonds is 5. The minimum Gasteiger partial charge on any atom is -0.363 e. The lowest BCUT2D eigenvalue weighted by Gasteiger charge is -2.15. The standard InChI is InChI=1S/C13H19BrN4S/c1-9-12(13(17(2)3)18(4)16-9)7-15-6-11-5-10(14)8-19-11/h5,8,15H,6-7H2,1-4H3. The van der Waals surface area contributed by atoms with Crippen LogP contribution in [0.1, 0.15) is 16.1 Å². The van der Waals surface area contributed by atoms with Crippen LogP contribution in [0.3, 0.4) is 0 Å². The average molecular weight is 343 g/mol. The van der Waals surface area contributed by atoms with Gasteiger partial charge in [-0.3, -0.25) is 4.68 Å². The molecule has 0 aromatic carbocycles. The quantitative estimate of drug-likeness (QED) is 0.906. The Morgan fingerprint density at radius 1 is 1.42 bits per heavy atom. The molecule has 2 heterocycles. The summed E-state index contributed by atoms with van der Waals surface area (Å²) in [6, 6.07) is 2.15. The summed E-state index contributed by atoms with van der Waals surface area (Å²) in [6.45, 7) is 3.78. The Kier molecular flexibility index (Phi) is 4.65. The normalized spacial score (nSPS) is 11.0. The highest BCUT2D eigenvalue weighted by Gasteiger charge is 2.14. The molecule has 1 N–H and O–H groups in total. The highest BCUT2D eigenvalue weighted by molar-refractivity contribution is 9.10. The first-order chi connectivity index (χ1) is 8.99. The van der Waals surface area contributed by atoms with Gasteiger partial charge < -0.3 is 10.2 Å². The number of thiophene rings is 1. The molecule has 104 valence electrons. The molecule has 0 saturated carbocycles. The van der Waals surface area contributed by atoms with Gasteiger partial charge in [-0.25, -0.2) is 0 Å². The van der Waals surface area contributed by atoms with Gasteiger partial charge in [-0.2, -0.15) is 5.10 Å².